The molecule has 1 aliphatic heterocycles. The van der Waals surface area contributed by atoms with Gasteiger partial charge < -0.3 is 30.8 Å². The molecule has 3 atom stereocenters. The largest absolute Gasteiger partial charge is 0.481 e. The van der Waals surface area contributed by atoms with Crippen molar-refractivity contribution in [3.63, 3.8) is 0 Å². The lowest BCUT2D eigenvalue weighted by molar-refractivity contribution is -0.142. The maximum atomic E-state index is 14.1. The number of benzene rings is 1. The number of nitrogens with one attached hydrogen (secondary N) is 3. The van der Waals surface area contributed by atoms with Gasteiger partial charge in [-0.25, -0.2) is 8.78 Å². The maximum absolute atomic E-state index is 14.1. The minimum atomic E-state index is -3.44. The van der Waals surface area contributed by atoms with E-state index in [4.69, 9.17) is 28.3 Å². The zero-order valence-corrected chi connectivity index (χ0v) is 20.5. The monoisotopic (exact) mass is 550 g/mol. The summed E-state index contributed by atoms with van der Waals surface area (Å²) in [4.78, 5) is 71.7. The van der Waals surface area contributed by atoms with Crippen molar-refractivity contribution < 1.29 is 42.7 Å². The molecule has 1 aliphatic rings. The van der Waals surface area contributed by atoms with Gasteiger partial charge in [0.15, 0.2) is 0 Å². The fourth-order valence-corrected chi connectivity index (χ4v) is 4.05. The number of carboxylic acids is 1. The lowest BCUT2D eigenvalue weighted by Gasteiger charge is -2.27. The van der Waals surface area contributed by atoms with Crippen LogP contribution in [0.3, 0.4) is 0 Å². The van der Waals surface area contributed by atoms with E-state index < -0.39 is 73.0 Å². The number of carbonyl (C=O) groups excluding carboxylic acids is 5. The number of halogens is 4. The van der Waals surface area contributed by atoms with E-state index in [0.717, 1.165) is 0 Å². The molecule has 0 aliphatic carbocycles. The first-order chi connectivity index (χ1) is 16.6. The van der Waals surface area contributed by atoms with E-state index in [-0.39, 0.29) is 27.6 Å². The molecule has 1 aromatic rings. The molecule has 1 fully saturated rings. The summed E-state index contributed by atoms with van der Waals surface area (Å²) in [5, 5.41) is 15.4. The van der Waals surface area contributed by atoms with E-state index in [1.54, 1.807) is 0 Å². The molecule has 1 saturated heterocycles. The van der Waals surface area contributed by atoms with Gasteiger partial charge in [0.1, 0.15) is 18.4 Å². The van der Waals surface area contributed by atoms with Crippen LogP contribution in [0.15, 0.2) is 12.1 Å². The number of aliphatic carboxylic acids is 1. The summed E-state index contributed by atoms with van der Waals surface area (Å²) in [6, 6.07) is -2.21. The summed E-state index contributed by atoms with van der Waals surface area (Å²) in [5.41, 5.74) is -0.0292. The lowest BCUT2D eigenvalue weighted by Crippen LogP contribution is -2.54. The van der Waals surface area contributed by atoms with Crippen LogP contribution in [0, 0.1) is 0 Å². The van der Waals surface area contributed by atoms with Gasteiger partial charge in [-0.15, -0.1) is 0 Å². The standard InChI is InChI=1S/C21H22Cl2F2N4O7/c1-9(26-18(34)11-3-13(22)17(14(23)4-11)27-10(2)31)20(36)29-8-21(24,25)6-15(29)19(35)28-12(7-30)5-16(32)33/h3-4,7,9,12,15H,5-6,8H2,1-2H3,(H,26,34)(H,27,31)(H,28,35)(H,32,33)/t9-,12-,15-/m0/s1. The van der Waals surface area contributed by atoms with Gasteiger partial charge in [0, 0.05) is 18.9 Å². The van der Waals surface area contributed by atoms with Crippen LogP contribution in [0.1, 0.15) is 37.0 Å². The third kappa shape index (κ3) is 7.34. The number of carbonyl (C=O) groups is 6. The Labute approximate surface area is 213 Å². The zero-order valence-electron chi connectivity index (χ0n) is 18.9. The first kappa shape index (κ1) is 28.9. The molecule has 11 nitrogen and oxygen atoms in total. The van der Waals surface area contributed by atoms with Crippen molar-refractivity contribution in [3.8, 4) is 0 Å². The SMILES string of the molecule is CC(=O)Nc1c(Cl)cc(C(=O)N[C@@H](C)C(=O)N2CC(F)(F)C[C@H]2C(=O)N[C@H](C=O)CC(=O)O)cc1Cl. The van der Waals surface area contributed by atoms with Crippen LogP contribution in [0.4, 0.5) is 14.5 Å². The predicted octanol–water partition coefficient (Wildman–Crippen LogP) is 1.46. The number of nitrogens with zero attached hydrogens (tertiary/aromatic N) is 1. The van der Waals surface area contributed by atoms with Crippen LogP contribution in [-0.2, 0) is 24.0 Å². The van der Waals surface area contributed by atoms with Crippen LogP contribution in [0.5, 0.6) is 0 Å². The maximum Gasteiger partial charge on any atom is 0.305 e. The van der Waals surface area contributed by atoms with Crippen molar-refractivity contribution in [2.45, 2.75) is 50.7 Å². The Morgan fingerprint density at radius 1 is 1.19 bits per heavy atom. The topological polar surface area (TPSA) is 162 Å². The van der Waals surface area contributed by atoms with E-state index in [9.17, 15) is 37.5 Å². The molecule has 4 N–H and O–H groups in total. The molecule has 0 bridgehead atoms. The summed E-state index contributed by atoms with van der Waals surface area (Å²) in [6.45, 7) is 1.30. The number of aldehydes is 1. The van der Waals surface area contributed by atoms with Crippen LogP contribution < -0.4 is 16.0 Å². The molecule has 196 valence electrons. The quantitative estimate of drug-likeness (QED) is 0.338. The summed E-state index contributed by atoms with van der Waals surface area (Å²) in [7, 11) is 0. The Morgan fingerprint density at radius 3 is 2.28 bits per heavy atom. The van der Waals surface area contributed by atoms with Crippen molar-refractivity contribution in [3.05, 3.63) is 27.7 Å². The van der Waals surface area contributed by atoms with Gasteiger partial charge in [0.2, 0.25) is 17.7 Å². The molecular weight excluding hydrogens is 529 g/mol. The molecule has 15 heteroatoms. The van der Waals surface area contributed by atoms with Crippen molar-refractivity contribution in [2.75, 3.05) is 11.9 Å². The molecular formula is C21H22Cl2F2N4O7. The summed E-state index contributed by atoms with van der Waals surface area (Å²) in [6.07, 6.45) is -1.69. The minimum Gasteiger partial charge on any atom is -0.481 e. The number of hydrogen-bond acceptors (Lipinski definition) is 6. The van der Waals surface area contributed by atoms with Gasteiger partial charge in [-0.3, -0.25) is 24.0 Å². The van der Waals surface area contributed by atoms with Crippen molar-refractivity contribution >= 4 is 64.8 Å². The Balaban J connectivity index is 2.17. The number of alkyl halides is 2. The van der Waals surface area contributed by atoms with Gasteiger partial charge >= 0.3 is 5.97 Å². The molecule has 0 radical (unpaired) electrons. The van der Waals surface area contributed by atoms with Gasteiger partial charge in [-0.1, -0.05) is 23.2 Å². The number of carboxylic acid groups (broad SMARTS) is 1. The number of anilines is 1. The molecule has 0 spiro atoms. The highest BCUT2D eigenvalue weighted by Gasteiger charge is 2.51. The van der Waals surface area contributed by atoms with Crippen molar-refractivity contribution in [1.29, 1.82) is 0 Å². The fraction of sp³-hybridized carbons (Fsp3) is 0.429. The molecule has 1 aromatic carbocycles. The van der Waals surface area contributed by atoms with Gasteiger partial charge in [0.25, 0.3) is 11.8 Å². The van der Waals surface area contributed by atoms with Crippen molar-refractivity contribution in [1.82, 2.24) is 15.5 Å². The second-order valence-electron chi connectivity index (χ2n) is 8.08. The second kappa shape index (κ2) is 11.6. The fourth-order valence-electron chi connectivity index (χ4n) is 3.47. The molecule has 36 heavy (non-hydrogen) atoms. The Bertz CT molecular complexity index is 1080. The second-order valence-corrected chi connectivity index (χ2v) is 8.90. The van der Waals surface area contributed by atoms with E-state index in [1.165, 1.54) is 26.0 Å². The Morgan fingerprint density at radius 2 is 1.78 bits per heavy atom. The van der Waals surface area contributed by atoms with Crippen LogP contribution in [0.25, 0.3) is 0 Å². The highest BCUT2D eigenvalue weighted by molar-refractivity contribution is 6.40. The molecule has 0 unspecified atom stereocenters. The molecule has 0 saturated carbocycles. The smallest absolute Gasteiger partial charge is 0.305 e. The highest BCUT2D eigenvalue weighted by Crippen LogP contribution is 2.33. The van der Waals surface area contributed by atoms with E-state index >= 15 is 0 Å². The molecule has 2 rings (SSSR count). The average Bonchev–Trinajstić information content (AvgIpc) is 3.09. The summed E-state index contributed by atoms with van der Waals surface area (Å²) < 4.78 is 28.2. The lowest BCUT2D eigenvalue weighted by atomic mass is 10.1. The Hall–Kier alpha value is -3.32. The highest BCUT2D eigenvalue weighted by atomic mass is 35.5. The predicted molar refractivity (Wildman–Crippen MR) is 123 cm³/mol. The first-order valence-corrected chi connectivity index (χ1v) is 11.1. The van der Waals surface area contributed by atoms with Gasteiger partial charge in [-0.2, -0.15) is 0 Å². The third-order valence-corrected chi connectivity index (χ3v) is 5.66. The minimum absolute atomic E-state index is 0.0659. The number of hydrogen-bond donors (Lipinski definition) is 4. The summed E-state index contributed by atoms with van der Waals surface area (Å²) in [5.74, 6) is -8.30. The van der Waals surface area contributed by atoms with Gasteiger partial charge in [-0.05, 0) is 19.1 Å². The van der Waals surface area contributed by atoms with Crippen molar-refractivity contribution in [2.24, 2.45) is 0 Å². The average molecular weight is 551 g/mol. The van der Waals surface area contributed by atoms with Crippen LogP contribution in [-0.4, -0.2) is 76.5 Å². The number of rotatable bonds is 9. The number of likely N-dealkylation sites (tertiary alicyclic amines) is 1. The van der Waals surface area contributed by atoms with Crippen LogP contribution >= 0.6 is 23.2 Å². The normalized spacial score (nSPS) is 18.1. The first-order valence-electron chi connectivity index (χ1n) is 10.4. The van der Waals surface area contributed by atoms with Gasteiger partial charge in [0.05, 0.1) is 34.7 Å². The molecule has 4 amide bonds. The van der Waals surface area contributed by atoms with E-state index in [0.29, 0.717) is 4.90 Å². The summed E-state index contributed by atoms with van der Waals surface area (Å²) >= 11 is 12.1. The number of amides is 4. The zero-order chi connectivity index (χ0) is 27.4. The Kier molecular flexibility index (Phi) is 9.32. The van der Waals surface area contributed by atoms with Crippen LogP contribution in [0.2, 0.25) is 10.0 Å². The molecule has 1 heterocycles. The molecule has 0 aromatic heterocycles. The third-order valence-electron chi connectivity index (χ3n) is 5.07. The van der Waals surface area contributed by atoms with E-state index in [1.807, 2.05) is 5.32 Å². The van der Waals surface area contributed by atoms with E-state index in [2.05, 4.69) is 10.6 Å².